The van der Waals surface area contributed by atoms with Crippen molar-refractivity contribution in [1.29, 1.82) is 0 Å². The number of pyridine rings is 1. The first-order chi connectivity index (χ1) is 10.7. The Morgan fingerprint density at radius 1 is 1.48 bits per heavy atom. The van der Waals surface area contributed by atoms with Crippen LogP contribution < -0.4 is 11.1 Å². The molecule has 0 bridgehead atoms. The number of carboxylic acids is 1. The van der Waals surface area contributed by atoms with Crippen LogP contribution in [0.15, 0.2) is 12.3 Å². The lowest BCUT2D eigenvalue weighted by Crippen LogP contribution is -2.57. The molecule has 0 aromatic carbocycles. The number of aromatic nitrogens is 1. The number of amides is 1. The van der Waals surface area contributed by atoms with Crippen LogP contribution in [0.25, 0.3) is 0 Å². The lowest BCUT2D eigenvalue weighted by atomic mass is 9.98. The molecule has 23 heavy (non-hydrogen) atoms. The summed E-state index contributed by atoms with van der Waals surface area (Å²) in [7, 11) is 1.49. The highest BCUT2D eigenvalue weighted by Crippen LogP contribution is 2.14. The number of hydrogen-bond donors (Lipinski definition) is 3. The molecular formula is C15H23N3O5. The van der Waals surface area contributed by atoms with E-state index in [1.807, 2.05) is 20.6 Å². The second-order valence-corrected chi connectivity index (χ2v) is 5.37. The van der Waals surface area contributed by atoms with Gasteiger partial charge in [0, 0.05) is 13.3 Å². The fourth-order valence-corrected chi connectivity index (χ4v) is 1.55. The van der Waals surface area contributed by atoms with Crippen molar-refractivity contribution in [3.63, 3.8) is 0 Å². The van der Waals surface area contributed by atoms with E-state index in [4.69, 9.17) is 15.3 Å². The van der Waals surface area contributed by atoms with Gasteiger partial charge in [0.15, 0.2) is 0 Å². The van der Waals surface area contributed by atoms with Crippen LogP contribution in [0.2, 0.25) is 0 Å². The third kappa shape index (κ3) is 5.76. The van der Waals surface area contributed by atoms with Crippen LogP contribution in [0.5, 0.6) is 0 Å². The van der Waals surface area contributed by atoms with Gasteiger partial charge in [-0.15, -0.1) is 0 Å². The number of aromatic carboxylic acids is 1. The monoisotopic (exact) mass is 325 g/mol. The van der Waals surface area contributed by atoms with Crippen LogP contribution >= 0.6 is 0 Å². The van der Waals surface area contributed by atoms with Crippen LogP contribution in [0, 0.1) is 5.92 Å². The number of methoxy groups -OCH3 is 1. The fraction of sp³-hybridized carbons (Fsp3) is 0.467. The summed E-state index contributed by atoms with van der Waals surface area (Å²) in [4.78, 5) is 35.4. The Balaban J connectivity index is 0.00000232. The van der Waals surface area contributed by atoms with Gasteiger partial charge in [0.25, 0.3) is 5.91 Å². The molecule has 1 heterocycles. The quantitative estimate of drug-likeness (QED) is 0.659. The highest BCUT2D eigenvalue weighted by Gasteiger charge is 2.28. The molecule has 0 aliphatic heterocycles. The van der Waals surface area contributed by atoms with E-state index in [1.54, 1.807) is 6.92 Å². The Labute approximate surface area is 135 Å². The summed E-state index contributed by atoms with van der Waals surface area (Å²) < 4.78 is 4.92. The molecule has 0 spiro atoms. The smallest absolute Gasteiger partial charge is 0.338 e. The van der Waals surface area contributed by atoms with Gasteiger partial charge in [0.2, 0.25) is 0 Å². The van der Waals surface area contributed by atoms with Gasteiger partial charge >= 0.3 is 5.97 Å². The number of carboxylic acid groups (broad SMARTS) is 1. The summed E-state index contributed by atoms with van der Waals surface area (Å²) in [5.74, 6) is -1.87. The third-order valence-electron chi connectivity index (χ3n) is 3.28. The summed E-state index contributed by atoms with van der Waals surface area (Å²) in [6, 6.07) is 1.37. The molecule has 8 nitrogen and oxygen atoms in total. The maximum Gasteiger partial charge on any atom is 0.338 e. The number of nitrogens with zero attached hydrogens (tertiary/aromatic N) is 1. The van der Waals surface area contributed by atoms with E-state index in [-0.39, 0.29) is 23.8 Å². The van der Waals surface area contributed by atoms with Gasteiger partial charge in [-0.2, -0.15) is 0 Å². The Bertz CT molecular complexity index is 558. The lowest BCUT2D eigenvalue weighted by molar-refractivity contribution is -0.0980. The topological polar surface area (TPSA) is 132 Å². The van der Waals surface area contributed by atoms with Crippen LogP contribution in [-0.4, -0.2) is 41.5 Å². The summed E-state index contributed by atoms with van der Waals surface area (Å²) >= 11 is 0. The van der Waals surface area contributed by atoms with Crippen molar-refractivity contribution in [2.75, 3.05) is 7.11 Å². The average Bonchev–Trinajstić information content (AvgIpc) is 2.48. The number of rotatable bonds is 6. The van der Waals surface area contributed by atoms with Gasteiger partial charge in [-0.25, -0.2) is 9.78 Å². The highest BCUT2D eigenvalue weighted by atomic mass is 16.5. The number of nitrogens with two attached hydrogens (primary N) is 1. The van der Waals surface area contributed by atoms with Gasteiger partial charge in [-0.3, -0.25) is 4.79 Å². The second-order valence-electron chi connectivity index (χ2n) is 5.37. The Morgan fingerprint density at radius 3 is 2.48 bits per heavy atom. The first-order valence-electron chi connectivity index (χ1n) is 6.80. The molecule has 0 radical (unpaired) electrons. The average molecular weight is 325 g/mol. The molecule has 0 aliphatic rings. The van der Waals surface area contributed by atoms with E-state index in [0.717, 1.165) is 0 Å². The van der Waals surface area contributed by atoms with Gasteiger partial charge in [-0.05, 0) is 24.5 Å². The highest BCUT2D eigenvalue weighted by molar-refractivity contribution is 6.03. The number of ether oxygens (including phenoxy) is 1. The van der Waals surface area contributed by atoms with Gasteiger partial charge in [0.1, 0.15) is 12.5 Å². The SMILES string of the molecule is C=O.COCc1cnc(C(=O)NC(C)(N)C(C)C)c(C(=O)O)c1. The van der Waals surface area contributed by atoms with Gasteiger partial charge < -0.3 is 25.7 Å². The van der Waals surface area contributed by atoms with Crippen LogP contribution in [-0.2, 0) is 16.1 Å². The molecule has 1 atom stereocenters. The van der Waals surface area contributed by atoms with E-state index in [9.17, 15) is 14.7 Å². The summed E-state index contributed by atoms with van der Waals surface area (Å²) in [5, 5.41) is 11.8. The molecule has 1 aromatic rings. The molecule has 0 aliphatic carbocycles. The van der Waals surface area contributed by atoms with E-state index < -0.39 is 17.5 Å². The Morgan fingerprint density at radius 2 is 2.04 bits per heavy atom. The molecule has 1 unspecified atom stereocenters. The molecule has 8 heteroatoms. The molecule has 4 N–H and O–H groups in total. The molecule has 128 valence electrons. The largest absolute Gasteiger partial charge is 0.478 e. The molecule has 0 saturated carbocycles. The molecular weight excluding hydrogens is 302 g/mol. The molecule has 0 fully saturated rings. The molecule has 0 saturated heterocycles. The minimum Gasteiger partial charge on any atom is -0.478 e. The predicted octanol–water partition coefficient (Wildman–Crippen LogP) is 0.802. The standard InChI is InChI=1S/C14H21N3O4.CH2O/c1-8(2)14(3,15)17-12(18)11-10(13(19)20)5-9(6-16-11)7-21-4;1-2/h5-6,8H,7,15H2,1-4H3,(H,17,18)(H,19,20);1H2. The zero-order chi connectivity index (χ0) is 18.2. The number of hydrogen-bond acceptors (Lipinski definition) is 6. The van der Waals surface area contributed by atoms with Gasteiger partial charge in [0.05, 0.1) is 17.8 Å². The van der Waals surface area contributed by atoms with Crippen molar-refractivity contribution >= 4 is 18.7 Å². The zero-order valence-corrected chi connectivity index (χ0v) is 13.8. The van der Waals surface area contributed by atoms with E-state index >= 15 is 0 Å². The minimum atomic E-state index is -1.23. The number of nitrogens with one attached hydrogen (secondary N) is 1. The van der Waals surface area contributed by atoms with Crippen LogP contribution in [0.3, 0.4) is 0 Å². The third-order valence-corrected chi connectivity index (χ3v) is 3.28. The summed E-state index contributed by atoms with van der Waals surface area (Å²) in [6.45, 7) is 7.59. The van der Waals surface area contributed by atoms with Gasteiger partial charge in [-0.1, -0.05) is 13.8 Å². The Kier molecular flexibility index (Phi) is 8.06. The van der Waals surface area contributed by atoms with Crippen molar-refractivity contribution in [2.45, 2.75) is 33.0 Å². The second kappa shape index (κ2) is 8.96. The number of carbonyl (C=O) groups excluding carboxylic acids is 2. The molecule has 1 amide bonds. The van der Waals surface area contributed by atoms with E-state index in [1.165, 1.54) is 19.4 Å². The van der Waals surface area contributed by atoms with Crippen molar-refractivity contribution in [1.82, 2.24) is 10.3 Å². The summed E-state index contributed by atoms with van der Waals surface area (Å²) in [5.41, 5.74) is 5.24. The normalized spacial score (nSPS) is 12.8. The maximum absolute atomic E-state index is 12.2. The summed E-state index contributed by atoms with van der Waals surface area (Å²) in [6.07, 6.45) is 1.41. The maximum atomic E-state index is 12.2. The van der Waals surface area contributed by atoms with Crippen molar-refractivity contribution in [3.05, 3.63) is 29.1 Å². The first-order valence-corrected chi connectivity index (χ1v) is 6.80. The van der Waals surface area contributed by atoms with E-state index in [2.05, 4.69) is 10.3 Å². The van der Waals surface area contributed by atoms with E-state index in [0.29, 0.717) is 5.56 Å². The molecule has 1 aromatic heterocycles. The van der Waals surface area contributed by atoms with Crippen molar-refractivity contribution < 1.29 is 24.2 Å². The lowest BCUT2D eigenvalue weighted by Gasteiger charge is -2.30. The zero-order valence-electron chi connectivity index (χ0n) is 13.8. The minimum absolute atomic E-state index is 0.0255. The Hall–Kier alpha value is -2.32. The first kappa shape index (κ1) is 20.7. The fourth-order valence-electron chi connectivity index (χ4n) is 1.55. The van der Waals surface area contributed by atoms with Crippen molar-refractivity contribution in [3.8, 4) is 0 Å². The number of carbonyl (C=O) groups is 3. The predicted molar refractivity (Wildman–Crippen MR) is 83.9 cm³/mol. The van der Waals surface area contributed by atoms with Crippen LogP contribution in [0.1, 0.15) is 47.2 Å². The van der Waals surface area contributed by atoms with Crippen molar-refractivity contribution in [2.24, 2.45) is 11.7 Å². The molecule has 1 rings (SSSR count). The van der Waals surface area contributed by atoms with Crippen LogP contribution in [0.4, 0.5) is 0 Å².